The predicted molar refractivity (Wildman–Crippen MR) is 130 cm³/mol. The van der Waals surface area contributed by atoms with Gasteiger partial charge in [0.2, 0.25) is 5.69 Å². The van der Waals surface area contributed by atoms with Gasteiger partial charge in [-0.2, -0.15) is 0 Å². The van der Waals surface area contributed by atoms with Gasteiger partial charge in [-0.25, -0.2) is 4.57 Å². The standard InChI is InChI=1S/C29H27N2O/c1-16-9-10-19-20-11-12-21-25(26-22(29(21,4)5)8-7-13-30-26)28(20)32-27(19)24(16)23-14-17(2)18(3)15-31(23)6/h7-15H,1-6H3/q+1/i2D3,3D3,4D3,5D3. The van der Waals surface area contributed by atoms with Crippen molar-refractivity contribution in [2.45, 2.75) is 39.7 Å². The maximum Gasteiger partial charge on any atom is 0.216 e. The van der Waals surface area contributed by atoms with Crippen molar-refractivity contribution in [1.29, 1.82) is 0 Å². The molecule has 2 aromatic carbocycles. The van der Waals surface area contributed by atoms with E-state index in [2.05, 4.69) is 4.98 Å². The lowest BCUT2D eigenvalue weighted by Gasteiger charge is -2.20. The number of pyridine rings is 2. The Morgan fingerprint density at radius 2 is 1.69 bits per heavy atom. The molecule has 0 unspecified atom stereocenters. The Bertz CT molecular complexity index is 1980. The van der Waals surface area contributed by atoms with Crippen LogP contribution in [0.2, 0.25) is 0 Å². The van der Waals surface area contributed by atoms with Gasteiger partial charge in [-0.05, 0) is 48.9 Å². The highest BCUT2D eigenvalue weighted by Crippen LogP contribution is 2.52. The maximum absolute atomic E-state index is 8.47. The summed E-state index contributed by atoms with van der Waals surface area (Å²) in [6, 6.07) is 11.1. The van der Waals surface area contributed by atoms with Crippen molar-refractivity contribution in [3.8, 4) is 22.5 Å². The first-order valence-electron chi connectivity index (χ1n) is 16.2. The fourth-order valence-electron chi connectivity index (χ4n) is 4.82. The minimum absolute atomic E-state index is 0.0632. The number of nitrogens with zero attached hydrogens (tertiary/aromatic N) is 2. The molecule has 3 heterocycles. The molecule has 1 aliphatic carbocycles. The molecule has 0 radical (unpaired) electrons. The molecule has 3 aromatic heterocycles. The summed E-state index contributed by atoms with van der Waals surface area (Å²) < 4.78 is 107. The zero-order valence-corrected chi connectivity index (χ0v) is 17.5. The monoisotopic (exact) mass is 431 g/mol. The van der Waals surface area contributed by atoms with Crippen LogP contribution in [0.4, 0.5) is 0 Å². The number of aryl methyl sites for hydroxylation is 4. The van der Waals surface area contributed by atoms with E-state index in [-0.39, 0.29) is 39.1 Å². The molecule has 5 aromatic rings. The number of furan rings is 1. The van der Waals surface area contributed by atoms with Crippen LogP contribution in [0, 0.1) is 20.6 Å². The first-order valence-corrected chi connectivity index (χ1v) is 10.2. The quantitative estimate of drug-likeness (QED) is 0.276. The molecule has 0 N–H and O–H groups in total. The van der Waals surface area contributed by atoms with Gasteiger partial charge in [0.05, 0.1) is 11.3 Å². The van der Waals surface area contributed by atoms with Crippen LogP contribution in [0.1, 0.15) is 58.0 Å². The molecule has 3 heteroatoms. The van der Waals surface area contributed by atoms with Gasteiger partial charge in [-0.15, -0.1) is 0 Å². The molecule has 0 saturated carbocycles. The van der Waals surface area contributed by atoms with Crippen LogP contribution in [0.15, 0.2) is 59.3 Å². The number of rotatable bonds is 1. The second-order valence-electron chi connectivity index (χ2n) is 8.35. The van der Waals surface area contributed by atoms with E-state index in [1.807, 2.05) is 19.1 Å². The Kier molecular flexibility index (Phi) is 2.05. The van der Waals surface area contributed by atoms with Crippen molar-refractivity contribution in [3.63, 3.8) is 0 Å². The van der Waals surface area contributed by atoms with Crippen LogP contribution in [0.5, 0.6) is 0 Å². The minimum atomic E-state index is -2.97. The summed E-state index contributed by atoms with van der Waals surface area (Å²) in [4.78, 5) is 4.45. The van der Waals surface area contributed by atoms with Crippen LogP contribution in [0.3, 0.4) is 0 Å². The fourth-order valence-corrected chi connectivity index (χ4v) is 4.82. The number of aromatic nitrogens is 2. The molecule has 0 amide bonds. The highest BCUT2D eigenvalue weighted by Gasteiger charge is 2.38. The number of hydrogen-bond donors (Lipinski definition) is 0. The summed E-state index contributed by atoms with van der Waals surface area (Å²) in [6.07, 6.45) is 2.77. The third kappa shape index (κ3) is 2.37. The van der Waals surface area contributed by atoms with Crippen LogP contribution in [0.25, 0.3) is 44.5 Å². The van der Waals surface area contributed by atoms with Gasteiger partial charge in [0, 0.05) is 56.0 Å². The van der Waals surface area contributed by atoms with E-state index < -0.39 is 32.8 Å². The SMILES string of the molecule is [2H]C([2H])([2H])c1cc(-c2c(C)ccc3c2oc2c4c(ccc23)C(C([2H])([2H])[2H])(C([2H])([2H])[2H])c2cccnc2-4)[n+](C)cc1C([2H])([2H])[2H]. The van der Waals surface area contributed by atoms with E-state index in [4.69, 9.17) is 20.9 Å². The molecule has 0 spiro atoms. The van der Waals surface area contributed by atoms with E-state index in [0.717, 1.165) is 0 Å². The van der Waals surface area contributed by atoms with Gasteiger partial charge >= 0.3 is 0 Å². The fraction of sp³-hybridized carbons (Fsp3) is 0.241. The van der Waals surface area contributed by atoms with Crippen LogP contribution >= 0.6 is 0 Å². The van der Waals surface area contributed by atoms with Crippen molar-refractivity contribution in [2.24, 2.45) is 7.05 Å². The molecule has 0 bridgehead atoms. The summed E-state index contributed by atoms with van der Waals surface area (Å²) in [6.45, 7) is -9.50. The highest BCUT2D eigenvalue weighted by molar-refractivity contribution is 6.14. The molecule has 0 atom stereocenters. The van der Waals surface area contributed by atoms with Gasteiger partial charge in [0.1, 0.15) is 18.2 Å². The number of fused-ring (bicyclic) bond motifs is 7. The second kappa shape index (κ2) is 6.29. The van der Waals surface area contributed by atoms with Gasteiger partial charge < -0.3 is 4.42 Å². The predicted octanol–water partition coefficient (Wildman–Crippen LogP) is 6.70. The Labute approximate surface area is 205 Å². The molecule has 6 rings (SSSR count). The minimum Gasteiger partial charge on any atom is -0.454 e. The van der Waals surface area contributed by atoms with Gasteiger partial charge in [-0.3, -0.25) is 4.98 Å². The van der Waals surface area contributed by atoms with Crippen molar-refractivity contribution < 1.29 is 25.4 Å². The molecule has 1 aliphatic rings. The van der Waals surface area contributed by atoms with Crippen LogP contribution < -0.4 is 4.57 Å². The smallest absolute Gasteiger partial charge is 0.216 e. The van der Waals surface area contributed by atoms with E-state index in [9.17, 15) is 0 Å². The molecule has 0 saturated heterocycles. The zero-order valence-electron chi connectivity index (χ0n) is 29.5. The normalized spacial score (nSPS) is 21.3. The Morgan fingerprint density at radius 3 is 2.47 bits per heavy atom. The first-order chi connectivity index (χ1) is 20.2. The van der Waals surface area contributed by atoms with Gasteiger partial charge in [-0.1, -0.05) is 44.0 Å². The number of benzene rings is 2. The average molecular weight is 432 g/mol. The molecular formula is C29H27N2O+. The van der Waals surface area contributed by atoms with Crippen molar-refractivity contribution >= 4 is 21.9 Å². The van der Waals surface area contributed by atoms with E-state index in [1.54, 1.807) is 17.7 Å². The third-order valence-electron chi connectivity index (χ3n) is 6.40. The highest BCUT2D eigenvalue weighted by atomic mass is 16.3. The topological polar surface area (TPSA) is 29.9 Å². The summed E-state index contributed by atoms with van der Waals surface area (Å²) in [5.74, 6) is 0. The van der Waals surface area contributed by atoms with Gasteiger partial charge in [0.15, 0.2) is 6.20 Å². The molecule has 0 aliphatic heterocycles. The Balaban J connectivity index is 1.74. The van der Waals surface area contributed by atoms with Crippen molar-refractivity contribution in [1.82, 2.24) is 4.98 Å². The van der Waals surface area contributed by atoms with Crippen molar-refractivity contribution in [3.05, 3.63) is 82.7 Å². The largest absolute Gasteiger partial charge is 0.454 e. The van der Waals surface area contributed by atoms with Gasteiger partial charge in [0.25, 0.3) is 0 Å². The molecule has 0 fully saturated rings. The summed E-state index contributed by atoms with van der Waals surface area (Å²) in [5.41, 5.74) is -0.141. The Morgan fingerprint density at radius 1 is 0.906 bits per heavy atom. The average Bonchev–Trinajstić information content (AvgIpc) is 3.41. The lowest BCUT2D eigenvalue weighted by molar-refractivity contribution is -0.660. The van der Waals surface area contributed by atoms with Crippen LogP contribution in [-0.2, 0) is 12.5 Å². The molecule has 3 nitrogen and oxygen atoms in total. The van der Waals surface area contributed by atoms with E-state index in [0.29, 0.717) is 33.2 Å². The maximum atomic E-state index is 8.47. The lowest BCUT2D eigenvalue weighted by atomic mass is 9.82. The first kappa shape index (κ1) is 10.4. The summed E-state index contributed by atoms with van der Waals surface area (Å²) in [7, 11) is 1.62. The third-order valence-corrected chi connectivity index (χ3v) is 6.40. The molecule has 158 valence electrons. The summed E-state index contributed by atoms with van der Waals surface area (Å²) >= 11 is 0. The second-order valence-corrected chi connectivity index (χ2v) is 8.35. The lowest BCUT2D eigenvalue weighted by Crippen LogP contribution is -2.31. The summed E-state index contributed by atoms with van der Waals surface area (Å²) in [5, 5.41) is 1.21. The number of hydrogen-bond acceptors (Lipinski definition) is 2. The molecule has 32 heavy (non-hydrogen) atoms. The zero-order chi connectivity index (χ0) is 32.4. The van der Waals surface area contributed by atoms with E-state index in [1.165, 1.54) is 36.7 Å². The van der Waals surface area contributed by atoms with E-state index >= 15 is 0 Å². The molecular weight excluding hydrogens is 392 g/mol. The Hall–Kier alpha value is -3.46. The van der Waals surface area contributed by atoms with Crippen molar-refractivity contribution in [2.75, 3.05) is 0 Å². The van der Waals surface area contributed by atoms with Crippen LogP contribution in [-0.4, -0.2) is 4.98 Å².